The Balaban J connectivity index is 2.88. The number of anilines is 1. The predicted octanol–water partition coefficient (Wildman–Crippen LogP) is 0.296. The van der Waals surface area contributed by atoms with Gasteiger partial charge in [0.25, 0.3) is 0 Å². The molecule has 1 aromatic heterocycles. The summed E-state index contributed by atoms with van der Waals surface area (Å²) in [7, 11) is 0. The minimum Gasteiger partial charge on any atom is -0.379 e. The first-order valence-electron chi connectivity index (χ1n) is 4.75. The molecule has 22 heavy (non-hydrogen) atoms. The van der Waals surface area contributed by atoms with Gasteiger partial charge < -0.3 is 10.6 Å². The Morgan fingerprint density at radius 2 is 1.73 bits per heavy atom. The van der Waals surface area contributed by atoms with Gasteiger partial charge in [0, 0.05) is 0 Å². The number of nitrogens with two attached hydrogens (primary N) is 1. The molecule has 0 unspecified atom stereocenters. The molecule has 0 fully saturated rings. The van der Waals surface area contributed by atoms with Crippen LogP contribution >= 0.6 is 0 Å². The van der Waals surface area contributed by atoms with Crippen LogP contribution in [0.1, 0.15) is 5.69 Å². The van der Waals surface area contributed by atoms with Gasteiger partial charge in [-0.25, -0.2) is 9.42 Å². The molecule has 15 heteroatoms. The van der Waals surface area contributed by atoms with Crippen LogP contribution in [0.3, 0.4) is 0 Å². The minimum absolute atomic E-state index is 0.882. The van der Waals surface area contributed by atoms with Crippen molar-refractivity contribution in [2.75, 3.05) is 5.32 Å². The highest BCUT2D eigenvalue weighted by atomic mass is 19.4. The van der Waals surface area contributed by atoms with Crippen molar-refractivity contribution in [2.24, 2.45) is 10.9 Å². The van der Waals surface area contributed by atoms with Gasteiger partial charge in [-0.2, -0.15) is 26.3 Å². The summed E-state index contributed by atoms with van der Waals surface area (Å²) >= 11 is 0. The Kier molecular flexibility index (Phi) is 4.58. The second-order valence-corrected chi connectivity index (χ2v) is 3.27. The first-order chi connectivity index (χ1) is 9.93. The average molecular weight is 335 g/mol. The van der Waals surface area contributed by atoms with E-state index in [1.54, 1.807) is 0 Å². The first kappa shape index (κ1) is 17.2. The number of rotatable bonds is 3. The molecular formula is C7H3F6N5O4. The van der Waals surface area contributed by atoms with Gasteiger partial charge in [0.2, 0.25) is 5.82 Å². The highest BCUT2D eigenvalue weighted by molar-refractivity contribution is 6.04. The van der Waals surface area contributed by atoms with E-state index < -0.39 is 41.6 Å². The van der Waals surface area contributed by atoms with Crippen LogP contribution in [0.2, 0.25) is 0 Å². The van der Waals surface area contributed by atoms with Crippen LogP contribution in [0, 0.1) is 0 Å². The molecule has 0 spiro atoms. The summed E-state index contributed by atoms with van der Waals surface area (Å²) in [5.74, 6) is -7.32. The van der Waals surface area contributed by atoms with Crippen molar-refractivity contribution in [1.82, 2.24) is 10.3 Å². The number of aromatic nitrogens is 2. The first-order valence-corrected chi connectivity index (χ1v) is 4.75. The van der Waals surface area contributed by atoms with Gasteiger partial charge in [-0.3, -0.25) is 10.1 Å². The Hall–Kier alpha value is -2.87. The molecule has 1 heterocycles. The summed E-state index contributed by atoms with van der Waals surface area (Å²) < 4.78 is 75.4. The van der Waals surface area contributed by atoms with E-state index in [2.05, 4.69) is 24.9 Å². The van der Waals surface area contributed by atoms with E-state index in [4.69, 9.17) is 5.73 Å². The molecule has 0 aromatic carbocycles. The van der Waals surface area contributed by atoms with Crippen molar-refractivity contribution < 1.29 is 45.4 Å². The van der Waals surface area contributed by atoms with E-state index in [9.17, 15) is 35.9 Å². The number of hydrogen-bond acceptors (Lipinski definition) is 7. The molecule has 0 aliphatic carbocycles. The lowest BCUT2D eigenvalue weighted by Crippen LogP contribution is -2.31. The van der Waals surface area contributed by atoms with Crippen LogP contribution in [-0.2, 0) is 14.4 Å². The quantitative estimate of drug-likeness (QED) is 0.267. The molecule has 1 rings (SSSR count). The standard InChI is InChI=1S/C7H3F6N5O4/c8-6(9,10)4(19)15-3-1(16-22-18-3)2(14)17-21-5(20)7(11,12)13/h(H2,14,17)(H,15,18,19). The molecule has 3 N–H and O–H groups in total. The van der Waals surface area contributed by atoms with E-state index in [0.717, 1.165) is 0 Å². The Labute approximate surface area is 115 Å². The van der Waals surface area contributed by atoms with Crippen LogP contribution in [0.4, 0.5) is 32.2 Å². The molecule has 0 aliphatic rings. The van der Waals surface area contributed by atoms with Crippen molar-refractivity contribution in [3.05, 3.63) is 5.69 Å². The second kappa shape index (κ2) is 5.86. The lowest BCUT2D eigenvalue weighted by Gasteiger charge is -2.05. The van der Waals surface area contributed by atoms with Crippen molar-refractivity contribution in [3.63, 3.8) is 0 Å². The molecule has 122 valence electrons. The van der Waals surface area contributed by atoms with E-state index in [-0.39, 0.29) is 0 Å². The molecule has 0 atom stereocenters. The number of carbonyl (C=O) groups excluding carboxylic acids is 2. The number of halogens is 6. The predicted molar refractivity (Wildman–Crippen MR) is 51.9 cm³/mol. The SMILES string of the molecule is N/C(=N/OC(=O)C(F)(F)F)c1nonc1NC(=O)C(F)(F)F. The molecule has 0 saturated carbocycles. The van der Waals surface area contributed by atoms with Crippen LogP contribution in [0.15, 0.2) is 9.78 Å². The zero-order valence-corrected chi connectivity index (χ0v) is 9.82. The number of nitrogens with zero attached hydrogens (tertiary/aromatic N) is 3. The van der Waals surface area contributed by atoms with Gasteiger partial charge in [-0.05, 0) is 10.3 Å². The molecule has 0 radical (unpaired) electrons. The second-order valence-electron chi connectivity index (χ2n) is 3.27. The third kappa shape index (κ3) is 4.32. The Morgan fingerprint density at radius 3 is 2.23 bits per heavy atom. The van der Waals surface area contributed by atoms with Crippen LogP contribution in [-0.4, -0.2) is 40.4 Å². The lowest BCUT2D eigenvalue weighted by atomic mass is 10.4. The van der Waals surface area contributed by atoms with Crippen LogP contribution in [0.5, 0.6) is 0 Å². The number of oxime groups is 1. The molecular weight excluding hydrogens is 332 g/mol. The smallest absolute Gasteiger partial charge is 0.379 e. The molecule has 0 bridgehead atoms. The molecule has 0 aliphatic heterocycles. The van der Waals surface area contributed by atoms with Gasteiger partial charge in [-0.15, -0.1) is 0 Å². The van der Waals surface area contributed by atoms with Gasteiger partial charge in [-0.1, -0.05) is 5.16 Å². The average Bonchev–Trinajstić information content (AvgIpc) is 2.81. The number of amidine groups is 1. The summed E-state index contributed by atoms with van der Waals surface area (Å²) in [5.41, 5.74) is 4.15. The van der Waals surface area contributed by atoms with Crippen molar-refractivity contribution >= 4 is 23.5 Å². The van der Waals surface area contributed by atoms with Gasteiger partial charge in [0.15, 0.2) is 11.5 Å². The third-order valence-corrected chi connectivity index (χ3v) is 1.68. The molecule has 1 amide bonds. The maximum absolute atomic E-state index is 12.0. The highest BCUT2D eigenvalue weighted by Gasteiger charge is 2.42. The summed E-state index contributed by atoms with van der Waals surface area (Å²) in [6.07, 6.45) is -10.7. The Morgan fingerprint density at radius 1 is 1.14 bits per heavy atom. The third-order valence-electron chi connectivity index (χ3n) is 1.68. The van der Waals surface area contributed by atoms with E-state index in [0.29, 0.717) is 0 Å². The number of alkyl halides is 6. The van der Waals surface area contributed by atoms with Crippen molar-refractivity contribution in [1.29, 1.82) is 0 Å². The molecule has 9 nitrogen and oxygen atoms in total. The maximum Gasteiger partial charge on any atom is 0.493 e. The monoisotopic (exact) mass is 335 g/mol. The van der Waals surface area contributed by atoms with Gasteiger partial charge in [0.1, 0.15) is 0 Å². The summed E-state index contributed by atoms with van der Waals surface area (Å²) in [6.45, 7) is 0. The fourth-order valence-corrected chi connectivity index (χ4v) is 0.803. The summed E-state index contributed by atoms with van der Waals surface area (Å²) in [6, 6.07) is 0. The lowest BCUT2D eigenvalue weighted by molar-refractivity contribution is -0.199. The highest BCUT2D eigenvalue weighted by Crippen LogP contribution is 2.19. The summed E-state index contributed by atoms with van der Waals surface area (Å²) in [4.78, 5) is 24.4. The normalized spacial score (nSPS) is 12.9. The fraction of sp³-hybridized carbons (Fsp3) is 0.286. The minimum atomic E-state index is -5.38. The fourth-order valence-electron chi connectivity index (χ4n) is 0.803. The molecule has 0 saturated heterocycles. The van der Waals surface area contributed by atoms with E-state index in [1.807, 2.05) is 0 Å². The largest absolute Gasteiger partial charge is 0.493 e. The topological polar surface area (TPSA) is 133 Å². The van der Waals surface area contributed by atoms with E-state index in [1.165, 1.54) is 5.32 Å². The zero-order valence-electron chi connectivity index (χ0n) is 9.82. The van der Waals surface area contributed by atoms with Crippen molar-refractivity contribution in [2.45, 2.75) is 12.4 Å². The van der Waals surface area contributed by atoms with Gasteiger partial charge in [0.05, 0.1) is 0 Å². The van der Waals surface area contributed by atoms with Gasteiger partial charge >= 0.3 is 24.2 Å². The number of carbonyl (C=O) groups is 2. The zero-order chi connectivity index (χ0) is 17.1. The van der Waals surface area contributed by atoms with Crippen molar-refractivity contribution in [3.8, 4) is 0 Å². The number of nitrogens with one attached hydrogen (secondary N) is 1. The number of amides is 1. The summed E-state index contributed by atoms with van der Waals surface area (Å²) in [5, 5.41) is 9.39. The Bertz CT molecular complexity index is 605. The maximum atomic E-state index is 12.0. The molecule has 1 aromatic rings. The van der Waals surface area contributed by atoms with E-state index >= 15 is 0 Å². The van der Waals surface area contributed by atoms with Crippen LogP contribution in [0.25, 0.3) is 0 Å². The van der Waals surface area contributed by atoms with Crippen LogP contribution < -0.4 is 11.1 Å². The number of hydrogen-bond donors (Lipinski definition) is 2.